The van der Waals surface area contributed by atoms with E-state index >= 15 is 0 Å². The van der Waals surface area contributed by atoms with Crippen LogP contribution in [-0.4, -0.2) is 21.3 Å². The summed E-state index contributed by atoms with van der Waals surface area (Å²) in [7, 11) is 4.51. The molecule has 0 aliphatic carbocycles. The van der Waals surface area contributed by atoms with Crippen LogP contribution in [0.25, 0.3) is 10.1 Å². The second-order valence-corrected chi connectivity index (χ2v) is 7.53. The molecule has 2 aromatic carbocycles. The van der Waals surface area contributed by atoms with E-state index in [2.05, 4.69) is 6.07 Å². The molecule has 0 fully saturated rings. The molecule has 0 saturated heterocycles. The van der Waals surface area contributed by atoms with Crippen molar-refractivity contribution in [2.75, 3.05) is 21.3 Å². The van der Waals surface area contributed by atoms with E-state index in [0.29, 0.717) is 34.1 Å². The molecule has 1 aliphatic heterocycles. The molecular formula is C22H18N2O5S. The lowest BCUT2D eigenvalue weighted by molar-refractivity contribution is 0.323. The Balaban J connectivity index is 2.07. The Bertz CT molecular complexity index is 1260. The number of rotatable bonds is 4. The molecule has 2 heterocycles. The Kier molecular flexibility index (Phi) is 4.98. The van der Waals surface area contributed by atoms with Crippen LogP contribution in [0.2, 0.25) is 0 Å². The Hall–Kier alpha value is -3.70. The molecule has 7 nitrogen and oxygen atoms in total. The van der Waals surface area contributed by atoms with Crippen molar-refractivity contribution in [3.05, 3.63) is 68.5 Å². The van der Waals surface area contributed by atoms with Crippen molar-refractivity contribution in [2.24, 2.45) is 5.73 Å². The normalized spacial score (nSPS) is 15.2. The van der Waals surface area contributed by atoms with E-state index in [4.69, 9.17) is 24.7 Å². The molecule has 1 atom stereocenters. The molecule has 0 radical (unpaired) electrons. The zero-order valence-corrected chi connectivity index (χ0v) is 17.3. The van der Waals surface area contributed by atoms with Gasteiger partial charge < -0.3 is 24.7 Å². The quantitative estimate of drug-likeness (QED) is 0.686. The van der Waals surface area contributed by atoms with Crippen molar-refractivity contribution < 1.29 is 18.9 Å². The molecule has 4 rings (SSSR count). The lowest BCUT2D eigenvalue weighted by atomic mass is 9.84. The van der Waals surface area contributed by atoms with E-state index in [1.807, 2.05) is 24.3 Å². The van der Waals surface area contributed by atoms with Crippen LogP contribution in [0.15, 0.2) is 52.6 Å². The summed E-state index contributed by atoms with van der Waals surface area (Å²) in [6, 6.07) is 12.9. The van der Waals surface area contributed by atoms with E-state index in [-0.39, 0.29) is 16.2 Å². The smallest absolute Gasteiger partial charge is 0.240 e. The maximum absolute atomic E-state index is 13.1. The number of hydrogen-bond donors (Lipinski definition) is 1. The second kappa shape index (κ2) is 7.61. The number of benzene rings is 2. The minimum atomic E-state index is -0.735. The first-order valence-electron chi connectivity index (χ1n) is 8.97. The third-order valence-electron chi connectivity index (χ3n) is 4.99. The highest BCUT2D eigenvalue weighted by Gasteiger charge is 2.35. The van der Waals surface area contributed by atoms with Gasteiger partial charge in [-0.15, -0.1) is 0 Å². The molecule has 0 unspecified atom stereocenters. The maximum Gasteiger partial charge on any atom is 0.240 e. The van der Waals surface area contributed by atoms with Gasteiger partial charge in [-0.05, 0) is 29.8 Å². The summed E-state index contributed by atoms with van der Waals surface area (Å²) in [5.41, 5.74) is 7.23. The Morgan fingerprint density at radius 3 is 2.37 bits per heavy atom. The van der Waals surface area contributed by atoms with Crippen molar-refractivity contribution in [1.29, 1.82) is 5.26 Å². The maximum atomic E-state index is 13.1. The highest BCUT2D eigenvalue weighted by Crippen LogP contribution is 2.48. The first-order valence-corrected chi connectivity index (χ1v) is 9.78. The standard InChI is InChI=1S/C22H18N2O5S/c1-26-14-8-11(9-15(27-2)20(14)28-3)17-13(10-23)21(24)29-19-12-6-4-5-7-16(12)30-22(25)18(17)19/h4-9,17H,24H2,1-3H3/t17-/m0/s1. The van der Waals surface area contributed by atoms with Crippen LogP contribution in [0.1, 0.15) is 17.0 Å². The fourth-order valence-corrected chi connectivity index (χ4v) is 4.60. The zero-order chi connectivity index (χ0) is 21.4. The molecule has 152 valence electrons. The average Bonchev–Trinajstić information content (AvgIpc) is 2.77. The van der Waals surface area contributed by atoms with Crippen LogP contribution < -0.4 is 29.4 Å². The van der Waals surface area contributed by atoms with Gasteiger partial charge in [0.1, 0.15) is 17.4 Å². The van der Waals surface area contributed by atoms with Crippen molar-refractivity contribution >= 4 is 21.4 Å². The predicted octanol–water partition coefficient (Wildman–Crippen LogP) is 3.51. The fourth-order valence-electron chi connectivity index (χ4n) is 3.67. The van der Waals surface area contributed by atoms with Gasteiger partial charge in [-0.3, -0.25) is 4.79 Å². The molecule has 8 heteroatoms. The van der Waals surface area contributed by atoms with E-state index in [0.717, 1.165) is 21.4 Å². The predicted molar refractivity (Wildman–Crippen MR) is 113 cm³/mol. The number of hydrogen-bond acceptors (Lipinski definition) is 8. The van der Waals surface area contributed by atoms with Crippen molar-refractivity contribution in [3.63, 3.8) is 0 Å². The van der Waals surface area contributed by atoms with E-state index in [9.17, 15) is 10.1 Å². The topological polar surface area (TPSA) is 104 Å². The number of nitriles is 1. The molecule has 0 amide bonds. The van der Waals surface area contributed by atoms with Crippen LogP contribution in [0, 0.1) is 11.3 Å². The minimum absolute atomic E-state index is 0.0375. The molecule has 3 aromatic rings. The Morgan fingerprint density at radius 1 is 1.10 bits per heavy atom. The van der Waals surface area contributed by atoms with Gasteiger partial charge in [0, 0.05) is 10.1 Å². The van der Waals surface area contributed by atoms with Gasteiger partial charge in [-0.2, -0.15) is 5.26 Å². The van der Waals surface area contributed by atoms with Crippen molar-refractivity contribution in [3.8, 4) is 29.1 Å². The first-order chi connectivity index (χ1) is 14.5. The van der Waals surface area contributed by atoms with Crippen molar-refractivity contribution in [2.45, 2.75) is 5.92 Å². The fraction of sp³-hybridized carbons (Fsp3) is 0.182. The molecule has 30 heavy (non-hydrogen) atoms. The molecule has 2 N–H and O–H groups in total. The van der Waals surface area contributed by atoms with Gasteiger partial charge in [0.05, 0.1) is 32.8 Å². The van der Waals surface area contributed by atoms with Gasteiger partial charge in [-0.25, -0.2) is 0 Å². The van der Waals surface area contributed by atoms with E-state index in [1.54, 1.807) is 12.1 Å². The van der Waals surface area contributed by atoms with Gasteiger partial charge in [0.2, 0.25) is 16.4 Å². The SMILES string of the molecule is COc1cc([C@H]2C(C#N)=C(N)Oc3c2c(=O)sc2ccccc32)cc(OC)c1OC. The number of allylic oxidation sites excluding steroid dienone is 1. The van der Waals surface area contributed by atoms with E-state index < -0.39 is 5.92 Å². The van der Waals surface area contributed by atoms with Gasteiger partial charge >= 0.3 is 0 Å². The van der Waals surface area contributed by atoms with Crippen LogP contribution in [-0.2, 0) is 0 Å². The molecule has 0 spiro atoms. The average molecular weight is 422 g/mol. The zero-order valence-electron chi connectivity index (χ0n) is 16.5. The number of nitrogens with zero attached hydrogens (tertiary/aromatic N) is 1. The molecule has 1 aromatic heterocycles. The second-order valence-electron chi connectivity index (χ2n) is 6.51. The summed E-state index contributed by atoms with van der Waals surface area (Å²) >= 11 is 1.10. The van der Waals surface area contributed by atoms with Crippen LogP contribution in [0.3, 0.4) is 0 Å². The number of ether oxygens (including phenoxy) is 4. The van der Waals surface area contributed by atoms with Crippen molar-refractivity contribution in [1.82, 2.24) is 0 Å². The monoisotopic (exact) mass is 422 g/mol. The first kappa shape index (κ1) is 19.6. The summed E-state index contributed by atoms with van der Waals surface area (Å²) in [4.78, 5) is 13.1. The van der Waals surface area contributed by atoms with Gasteiger partial charge in [0.15, 0.2) is 11.5 Å². The third-order valence-corrected chi connectivity index (χ3v) is 5.98. The van der Waals surface area contributed by atoms with Crippen LogP contribution in [0.4, 0.5) is 0 Å². The highest BCUT2D eigenvalue weighted by atomic mass is 32.1. The van der Waals surface area contributed by atoms with Gasteiger partial charge in [-0.1, -0.05) is 23.5 Å². The molecule has 0 saturated carbocycles. The number of nitrogens with two attached hydrogens (primary N) is 1. The summed E-state index contributed by atoms with van der Waals surface area (Å²) in [5, 5.41) is 10.6. The van der Waals surface area contributed by atoms with E-state index in [1.165, 1.54) is 21.3 Å². The number of methoxy groups -OCH3 is 3. The summed E-state index contributed by atoms with van der Waals surface area (Å²) in [5.74, 6) is 0.824. The summed E-state index contributed by atoms with van der Waals surface area (Å²) in [6.45, 7) is 0. The summed E-state index contributed by atoms with van der Waals surface area (Å²) in [6.07, 6.45) is 0. The van der Waals surface area contributed by atoms with Crippen LogP contribution in [0.5, 0.6) is 23.0 Å². The third kappa shape index (κ3) is 2.91. The molecule has 1 aliphatic rings. The Labute approximate surface area is 176 Å². The lowest BCUT2D eigenvalue weighted by Crippen LogP contribution is -2.25. The van der Waals surface area contributed by atoms with Crippen LogP contribution >= 0.6 is 11.3 Å². The lowest BCUT2D eigenvalue weighted by Gasteiger charge is -2.27. The number of fused-ring (bicyclic) bond motifs is 3. The Morgan fingerprint density at radius 2 is 1.77 bits per heavy atom. The highest BCUT2D eigenvalue weighted by molar-refractivity contribution is 7.16. The molecular weight excluding hydrogens is 404 g/mol. The minimum Gasteiger partial charge on any atom is -0.493 e. The summed E-state index contributed by atoms with van der Waals surface area (Å²) < 4.78 is 22.7. The molecule has 0 bridgehead atoms. The van der Waals surface area contributed by atoms with Gasteiger partial charge in [0.25, 0.3) is 0 Å². The largest absolute Gasteiger partial charge is 0.493 e.